The van der Waals surface area contributed by atoms with Gasteiger partial charge in [-0.2, -0.15) is 0 Å². The number of benzene rings is 1. The normalized spacial score (nSPS) is 22.2. The van der Waals surface area contributed by atoms with E-state index in [0.29, 0.717) is 12.6 Å². The quantitative estimate of drug-likeness (QED) is 0.931. The van der Waals surface area contributed by atoms with Crippen molar-refractivity contribution >= 4 is 11.0 Å². The molecule has 0 radical (unpaired) electrons. The van der Waals surface area contributed by atoms with Crippen molar-refractivity contribution in [1.82, 2.24) is 4.90 Å². The Bertz CT molecular complexity index is 566. The summed E-state index contributed by atoms with van der Waals surface area (Å²) in [6, 6.07) is 8.79. The second-order valence-electron chi connectivity index (χ2n) is 5.31. The lowest BCUT2D eigenvalue weighted by molar-refractivity contribution is -0.0289. The van der Waals surface area contributed by atoms with Crippen molar-refractivity contribution in [3.05, 3.63) is 36.1 Å². The molecule has 0 spiro atoms. The molecule has 1 aromatic carbocycles. The van der Waals surface area contributed by atoms with Crippen molar-refractivity contribution < 1.29 is 9.15 Å². The number of hydrogen-bond donors (Lipinski definition) is 1. The van der Waals surface area contributed by atoms with E-state index in [1.165, 1.54) is 10.9 Å². The summed E-state index contributed by atoms with van der Waals surface area (Å²) in [7, 11) is 0. The maximum Gasteiger partial charge on any atom is 0.134 e. The van der Waals surface area contributed by atoms with Crippen LogP contribution in [0.5, 0.6) is 0 Å². The molecule has 2 aromatic rings. The van der Waals surface area contributed by atoms with Crippen LogP contribution < -0.4 is 5.73 Å². The monoisotopic (exact) mass is 274 g/mol. The molecular weight excluding hydrogens is 252 g/mol. The standard InChI is InChI=1S/C16H22N2O2/c1-2-12-10-19-8-7-18(12)15(9-17)14-11-20-16-6-4-3-5-13(14)16/h3-6,11-12,15H,2,7-10,17H2,1H3. The van der Waals surface area contributed by atoms with E-state index in [2.05, 4.69) is 17.9 Å². The highest BCUT2D eigenvalue weighted by molar-refractivity contribution is 5.81. The molecule has 1 aliphatic rings. The van der Waals surface area contributed by atoms with E-state index in [0.717, 1.165) is 31.8 Å². The Morgan fingerprint density at radius 1 is 1.40 bits per heavy atom. The molecule has 4 nitrogen and oxygen atoms in total. The molecule has 20 heavy (non-hydrogen) atoms. The van der Waals surface area contributed by atoms with Gasteiger partial charge in [-0.1, -0.05) is 25.1 Å². The molecule has 3 rings (SSSR count). The van der Waals surface area contributed by atoms with Gasteiger partial charge in [0.05, 0.1) is 25.5 Å². The molecule has 2 heterocycles. The van der Waals surface area contributed by atoms with Gasteiger partial charge < -0.3 is 14.9 Å². The first-order valence-electron chi connectivity index (χ1n) is 7.34. The molecule has 0 aliphatic carbocycles. The molecule has 4 heteroatoms. The Labute approximate surface area is 119 Å². The lowest BCUT2D eigenvalue weighted by Gasteiger charge is -2.40. The Hall–Kier alpha value is -1.36. The van der Waals surface area contributed by atoms with Gasteiger partial charge in [-0.15, -0.1) is 0 Å². The molecule has 0 amide bonds. The Morgan fingerprint density at radius 2 is 2.25 bits per heavy atom. The van der Waals surface area contributed by atoms with Crippen LogP contribution >= 0.6 is 0 Å². The van der Waals surface area contributed by atoms with Gasteiger partial charge in [0.1, 0.15) is 5.58 Å². The van der Waals surface area contributed by atoms with Crippen LogP contribution in [0.3, 0.4) is 0 Å². The van der Waals surface area contributed by atoms with Gasteiger partial charge in [-0.3, -0.25) is 4.90 Å². The molecule has 0 saturated carbocycles. The highest BCUT2D eigenvalue weighted by Gasteiger charge is 2.30. The predicted molar refractivity (Wildman–Crippen MR) is 79.6 cm³/mol. The summed E-state index contributed by atoms with van der Waals surface area (Å²) >= 11 is 0. The third-order valence-corrected chi connectivity index (χ3v) is 4.24. The van der Waals surface area contributed by atoms with Crippen LogP contribution in [0.1, 0.15) is 24.9 Å². The van der Waals surface area contributed by atoms with E-state index >= 15 is 0 Å². The molecule has 1 saturated heterocycles. The van der Waals surface area contributed by atoms with Crippen molar-refractivity contribution in [3.8, 4) is 0 Å². The number of morpholine rings is 1. The highest BCUT2D eigenvalue weighted by Crippen LogP contribution is 2.31. The number of fused-ring (bicyclic) bond motifs is 1. The third-order valence-electron chi connectivity index (χ3n) is 4.24. The van der Waals surface area contributed by atoms with Crippen LogP contribution in [0.2, 0.25) is 0 Å². The van der Waals surface area contributed by atoms with E-state index in [1.54, 1.807) is 0 Å². The van der Waals surface area contributed by atoms with Gasteiger partial charge in [0, 0.05) is 30.1 Å². The fourth-order valence-electron chi connectivity index (χ4n) is 3.13. The summed E-state index contributed by atoms with van der Waals surface area (Å²) in [6.45, 7) is 5.30. The summed E-state index contributed by atoms with van der Waals surface area (Å²) in [5.41, 5.74) is 8.21. The lowest BCUT2D eigenvalue weighted by atomic mass is 10.0. The fourth-order valence-corrected chi connectivity index (χ4v) is 3.13. The second kappa shape index (κ2) is 5.95. The Kier molecular flexibility index (Phi) is 4.05. The summed E-state index contributed by atoms with van der Waals surface area (Å²) in [5.74, 6) is 0. The summed E-state index contributed by atoms with van der Waals surface area (Å²) in [6.07, 6.45) is 2.94. The maximum atomic E-state index is 6.08. The van der Waals surface area contributed by atoms with E-state index in [4.69, 9.17) is 14.9 Å². The second-order valence-corrected chi connectivity index (χ2v) is 5.31. The zero-order chi connectivity index (χ0) is 13.9. The molecule has 2 N–H and O–H groups in total. The average molecular weight is 274 g/mol. The van der Waals surface area contributed by atoms with Crippen LogP contribution in [-0.4, -0.2) is 37.2 Å². The molecule has 1 aliphatic heterocycles. The number of nitrogens with two attached hydrogens (primary N) is 1. The topological polar surface area (TPSA) is 51.6 Å². The van der Waals surface area contributed by atoms with Gasteiger partial charge in [-0.25, -0.2) is 0 Å². The van der Waals surface area contributed by atoms with Gasteiger partial charge in [-0.05, 0) is 12.5 Å². The molecule has 2 unspecified atom stereocenters. The Morgan fingerprint density at radius 3 is 3.05 bits per heavy atom. The van der Waals surface area contributed by atoms with Crippen molar-refractivity contribution in [3.63, 3.8) is 0 Å². The van der Waals surface area contributed by atoms with Crippen molar-refractivity contribution in [1.29, 1.82) is 0 Å². The maximum absolute atomic E-state index is 6.08. The minimum absolute atomic E-state index is 0.201. The van der Waals surface area contributed by atoms with Crippen molar-refractivity contribution in [2.45, 2.75) is 25.4 Å². The third kappa shape index (κ3) is 2.35. The van der Waals surface area contributed by atoms with E-state index in [-0.39, 0.29) is 6.04 Å². The first kappa shape index (κ1) is 13.6. The van der Waals surface area contributed by atoms with Gasteiger partial charge in [0.15, 0.2) is 0 Å². The van der Waals surface area contributed by atoms with Crippen LogP contribution in [-0.2, 0) is 4.74 Å². The lowest BCUT2D eigenvalue weighted by Crippen LogP contribution is -2.48. The number of para-hydroxylation sites is 1. The van der Waals surface area contributed by atoms with Gasteiger partial charge in [0.25, 0.3) is 0 Å². The number of nitrogens with zero attached hydrogens (tertiary/aromatic N) is 1. The number of rotatable bonds is 4. The summed E-state index contributed by atoms with van der Waals surface area (Å²) in [5, 5.41) is 1.17. The Balaban J connectivity index is 1.96. The van der Waals surface area contributed by atoms with Crippen molar-refractivity contribution in [2.75, 3.05) is 26.3 Å². The van der Waals surface area contributed by atoms with Crippen LogP contribution in [0.15, 0.2) is 34.9 Å². The smallest absolute Gasteiger partial charge is 0.134 e. The SMILES string of the molecule is CCC1COCCN1C(CN)c1coc2ccccc12. The first-order valence-corrected chi connectivity index (χ1v) is 7.34. The van der Waals surface area contributed by atoms with Gasteiger partial charge in [0.2, 0.25) is 0 Å². The zero-order valence-electron chi connectivity index (χ0n) is 11.9. The molecule has 1 aromatic heterocycles. The molecule has 0 bridgehead atoms. The van der Waals surface area contributed by atoms with E-state index in [1.807, 2.05) is 24.5 Å². The minimum Gasteiger partial charge on any atom is -0.464 e. The largest absolute Gasteiger partial charge is 0.464 e. The number of hydrogen-bond acceptors (Lipinski definition) is 4. The summed E-state index contributed by atoms with van der Waals surface area (Å²) in [4.78, 5) is 2.47. The van der Waals surface area contributed by atoms with Crippen LogP contribution in [0.4, 0.5) is 0 Å². The van der Waals surface area contributed by atoms with Crippen molar-refractivity contribution in [2.24, 2.45) is 5.73 Å². The molecular formula is C16H22N2O2. The van der Waals surface area contributed by atoms with E-state index < -0.39 is 0 Å². The first-order chi connectivity index (χ1) is 9.85. The van der Waals surface area contributed by atoms with Crippen LogP contribution in [0.25, 0.3) is 11.0 Å². The number of ether oxygens (including phenoxy) is 1. The molecule has 2 atom stereocenters. The summed E-state index contributed by atoms with van der Waals surface area (Å²) < 4.78 is 11.3. The zero-order valence-corrected chi connectivity index (χ0v) is 11.9. The van der Waals surface area contributed by atoms with E-state index in [9.17, 15) is 0 Å². The minimum atomic E-state index is 0.201. The molecule has 108 valence electrons. The highest BCUT2D eigenvalue weighted by atomic mass is 16.5. The predicted octanol–water partition coefficient (Wildman–Crippen LogP) is 2.54. The fraction of sp³-hybridized carbons (Fsp3) is 0.500. The average Bonchev–Trinajstić information content (AvgIpc) is 2.93. The van der Waals surface area contributed by atoms with Gasteiger partial charge >= 0.3 is 0 Å². The molecule has 1 fully saturated rings. The number of furan rings is 1. The van der Waals surface area contributed by atoms with Crippen LogP contribution in [0, 0.1) is 0 Å².